The van der Waals surface area contributed by atoms with Crippen molar-refractivity contribution in [3.63, 3.8) is 0 Å². The van der Waals surface area contributed by atoms with Crippen LogP contribution in [0.15, 0.2) is 4.99 Å². The van der Waals surface area contributed by atoms with Gasteiger partial charge in [-0.1, -0.05) is 26.7 Å². The van der Waals surface area contributed by atoms with Crippen LogP contribution < -0.4 is 10.6 Å². The Labute approximate surface area is 154 Å². The van der Waals surface area contributed by atoms with E-state index in [2.05, 4.69) is 34.4 Å². The molecule has 148 valence electrons. The van der Waals surface area contributed by atoms with Crippen molar-refractivity contribution in [3.8, 4) is 0 Å². The minimum Gasteiger partial charge on any atom is -0.355 e. The molecule has 1 aliphatic heterocycles. The molecule has 25 heavy (non-hydrogen) atoms. The zero-order valence-electron chi connectivity index (χ0n) is 16.7. The second-order valence-corrected chi connectivity index (χ2v) is 9.56. The maximum absolute atomic E-state index is 11.3. The van der Waals surface area contributed by atoms with E-state index in [1.807, 2.05) is 6.92 Å². The minimum atomic E-state index is -2.92. The van der Waals surface area contributed by atoms with Crippen LogP contribution in [0.1, 0.15) is 52.9 Å². The van der Waals surface area contributed by atoms with Crippen LogP contribution in [0, 0.1) is 5.92 Å². The molecule has 1 rings (SSSR count). The van der Waals surface area contributed by atoms with Gasteiger partial charge in [0.05, 0.1) is 5.75 Å². The number of likely N-dealkylation sites (tertiary alicyclic amines) is 1. The highest BCUT2D eigenvalue weighted by atomic mass is 32.2. The lowest BCUT2D eigenvalue weighted by atomic mass is 9.93. The second kappa shape index (κ2) is 11.0. The molecule has 1 aliphatic rings. The molecule has 0 radical (unpaired) electrons. The molecule has 1 saturated heterocycles. The second-order valence-electron chi connectivity index (χ2n) is 7.30. The molecule has 7 heteroatoms. The summed E-state index contributed by atoms with van der Waals surface area (Å²) in [6, 6.07) is 0.599. The summed E-state index contributed by atoms with van der Waals surface area (Å²) in [5.41, 5.74) is 0. The molecule has 2 N–H and O–H groups in total. The van der Waals surface area contributed by atoms with E-state index in [0.717, 1.165) is 12.5 Å². The molecule has 1 fully saturated rings. The zero-order valence-corrected chi connectivity index (χ0v) is 17.5. The smallest absolute Gasteiger partial charge is 0.191 e. The maximum Gasteiger partial charge on any atom is 0.191 e. The van der Waals surface area contributed by atoms with E-state index in [4.69, 9.17) is 0 Å². The molecule has 0 amide bonds. The summed E-state index contributed by atoms with van der Waals surface area (Å²) in [6.45, 7) is 9.82. The van der Waals surface area contributed by atoms with Crippen molar-refractivity contribution in [3.05, 3.63) is 0 Å². The molecule has 0 aromatic heterocycles. The highest BCUT2D eigenvalue weighted by Crippen LogP contribution is 2.22. The van der Waals surface area contributed by atoms with Crippen molar-refractivity contribution in [2.45, 2.75) is 65.0 Å². The van der Waals surface area contributed by atoms with Gasteiger partial charge in [-0.25, -0.2) is 8.42 Å². The van der Waals surface area contributed by atoms with E-state index < -0.39 is 9.84 Å². The Kier molecular flexibility index (Phi) is 9.79. The monoisotopic (exact) mass is 374 g/mol. The van der Waals surface area contributed by atoms with Gasteiger partial charge in [-0.15, -0.1) is 0 Å². The van der Waals surface area contributed by atoms with Gasteiger partial charge >= 0.3 is 0 Å². The van der Waals surface area contributed by atoms with E-state index in [1.54, 1.807) is 7.05 Å². The van der Waals surface area contributed by atoms with Gasteiger partial charge in [0.1, 0.15) is 9.84 Å². The van der Waals surface area contributed by atoms with E-state index in [1.165, 1.54) is 45.0 Å². The van der Waals surface area contributed by atoms with Crippen LogP contribution >= 0.6 is 0 Å². The number of hydrogen-bond acceptors (Lipinski definition) is 4. The average molecular weight is 375 g/mol. The molecular formula is C18H38N4O2S. The summed E-state index contributed by atoms with van der Waals surface area (Å²) in [5, 5.41) is 6.79. The molecule has 0 spiro atoms. The van der Waals surface area contributed by atoms with Crippen LogP contribution in [0.25, 0.3) is 0 Å². The summed E-state index contributed by atoms with van der Waals surface area (Å²) in [7, 11) is -1.16. The van der Waals surface area contributed by atoms with Crippen molar-refractivity contribution in [2.75, 3.05) is 38.7 Å². The van der Waals surface area contributed by atoms with Crippen LogP contribution in [0.2, 0.25) is 0 Å². The van der Waals surface area contributed by atoms with E-state index in [0.29, 0.717) is 18.4 Å². The molecule has 0 aliphatic carbocycles. The SMILES string of the molecule is CCC(CC)C(CNC(=NC)NC(C)CCS(C)(=O)=O)N1CCCC1. The van der Waals surface area contributed by atoms with Crippen LogP contribution in [-0.2, 0) is 9.84 Å². The molecule has 1 heterocycles. The highest BCUT2D eigenvalue weighted by Gasteiger charge is 2.27. The molecule has 0 saturated carbocycles. The Morgan fingerprint density at radius 3 is 2.28 bits per heavy atom. The first-order valence-electron chi connectivity index (χ1n) is 9.69. The topological polar surface area (TPSA) is 73.8 Å². The first-order chi connectivity index (χ1) is 11.8. The molecule has 2 unspecified atom stereocenters. The van der Waals surface area contributed by atoms with Crippen molar-refractivity contribution in [1.29, 1.82) is 0 Å². The number of nitrogens with zero attached hydrogens (tertiary/aromatic N) is 2. The maximum atomic E-state index is 11.3. The minimum absolute atomic E-state index is 0.0688. The van der Waals surface area contributed by atoms with Gasteiger partial charge in [0.25, 0.3) is 0 Å². The van der Waals surface area contributed by atoms with E-state index in [-0.39, 0.29) is 11.8 Å². The van der Waals surface area contributed by atoms with Crippen LogP contribution in [0.5, 0.6) is 0 Å². The lowest BCUT2D eigenvalue weighted by molar-refractivity contribution is 0.166. The molecular weight excluding hydrogens is 336 g/mol. The summed E-state index contributed by atoms with van der Waals surface area (Å²) in [6.07, 6.45) is 6.84. The first-order valence-corrected chi connectivity index (χ1v) is 11.8. The number of hydrogen-bond donors (Lipinski definition) is 2. The quantitative estimate of drug-likeness (QED) is 0.451. The fraction of sp³-hybridized carbons (Fsp3) is 0.944. The van der Waals surface area contributed by atoms with Gasteiger partial charge in [-0.3, -0.25) is 9.89 Å². The van der Waals surface area contributed by atoms with E-state index >= 15 is 0 Å². The van der Waals surface area contributed by atoms with Crippen molar-refractivity contribution in [1.82, 2.24) is 15.5 Å². The average Bonchev–Trinajstić information content (AvgIpc) is 3.09. The fourth-order valence-electron chi connectivity index (χ4n) is 3.59. The summed E-state index contributed by atoms with van der Waals surface area (Å²) < 4.78 is 22.6. The number of sulfone groups is 1. The van der Waals surface area contributed by atoms with Gasteiger partial charge in [-0.05, 0) is 45.2 Å². The molecule has 0 aromatic rings. The summed E-state index contributed by atoms with van der Waals surface area (Å²) in [4.78, 5) is 6.92. The van der Waals surface area contributed by atoms with Crippen LogP contribution in [0.4, 0.5) is 0 Å². The van der Waals surface area contributed by atoms with Gasteiger partial charge in [0.15, 0.2) is 5.96 Å². The van der Waals surface area contributed by atoms with Crippen molar-refractivity contribution < 1.29 is 8.42 Å². The van der Waals surface area contributed by atoms with Gasteiger partial charge < -0.3 is 10.6 Å². The van der Waals surface area contributed by atoms with Gasteiger partial charge in [-0.2, -0.15) is 0 Å². The Balaban J connectivity index is 2.56. The number of guanidine groups is 1. The zero-order chi connectivity index (χ0) is 18.9. The number of rotatable bonds is 10. The summed E-state index contributed by atoms with van der Waals surface area (Å²) >= 11 is 0. The molecule has 0 bridgehead atoms. The Morgan fingerprint density at radius 1 is 1.20 bits per heavy atom. The number of aliphatic imine (C=N–C) groups is 1. The third-order valence-electron chi connectivity index (χ3n) is 5.21. The largest absolute Gasteiger partial charge is 0.355 e. The van der Waals surface area contributed by atoms with Crippen molar-refractivity contribution >= 4 is 15.8 Å². The predicted molar refractivity (Wildman–Crippen MR) is 107 cm³/mol. The molecule has 2 atom stereocenters. The standard InChI is InChI=1S/C18H38N4O2S/c1-6-16(7-2)17(22-11-8-9-12-22)14-20-18(19-4)21-15(3)10-13-25(5,23)24/h15-17H,6-14H2,1-5H3,(H2,19,20,21). The van der Waals surface area contributed by atoms with E-state index in [9.17, 15) is 8.42 Å². The third-order valence-corrected chi connectivity index (χ3v) is 6.19. The Morgan fingerprint density at radius 2 is 1.80 bits per heavy atom. The lowest BCUT2D eigenvalue weighted by Gasteiger charge is -2.34. The summed E-state index contributed by atoms with van der Waals surface area (Å²) in [5.74, 6) is 1.64. The fourth-order valence-corrected chi connectivity index (χ4v) is 4.37. The predicted octanol–water partition coefficient (Wildman–Crippen LogP) is 1.88. The molecule has 6 nitrogen and oxygen atoms in total. The third kappa shape index (κ3) is 8.40. The van der Waals surface area contributed by atoms with Crippen LogP contribution in [-0.4, -0.2) is 70.1 Å². The molecule has 0 aromatic carbocycles. The van der Waals surface area contributed by atoms with Gasteiger partial charge in [0.2, 0.25) is 0 Å². The van der Waals surface area contributed by atoms with Gasteiger partial charge in [0, 0.05) is 31.9 Å². The van der Waals surface area contributed by atoms with Crippen LogP contribution in [0.3, 0.4) is 0 Å². The Hall–Kier alpha value is -0.820. The number of nitrogens with one attached hydrogen (secondary N) is 2. The lowest BCUT2D eigenvalue weighted by Crippen LogP contribution is -2.50. The first kappa shape index (κ1) is 22.2. The normalized spacial score (nSPS) is 19.2. The Bertz CT molecular complexity index is 495. The van der Waals surface area contributed by atoms with Crippen molar-refractivity contribution in [2.24, 2.45) is 10.9 Å². The highest BCUT2D eigenvalue weighted by molar-refractivity contribution is 7.90.